The molecule has 4 heteroatoms. The number of nitrogens with one attached hydrogen (secondary N) is 1. The first-order valence-corrected chi connectivity index (χ1v) is 6.82. The van der Waals surface area contributed by atoms with Gasteiger partial charge in [0.05, 0.1) is 13.2 Å². The largest absolute Gasteiger partial charge is 0.496 e. The number of nitrogens with two attached hydrogens (primary N) is 1. The van der Waals surface area contributed by atoms with Crippen molar-refractivity contribution in [3.63, 3.8) is 0 Å². The number of benzene rings is 2. The Kier molecular flexibility index (Phi) is 4.48. The van der Waals surface area contributed by atoms with Gasteiger partial charge in [-0.05, 0) is 49.2 Å². The Morgan fingerprint density at radius 2 is 2.00 bits per heavy atom. The van der Waals surface area contributed by atoms with Crippen molar-refractivity contribution < 1.29 is 9.53 Å². The van der Waals surface area contributed by atoms with Gasteiger partial charge < -0.3 is 15.8 Å². The van der Waals surface area contributed by atoms with E-state index >= 15 is 0 Å². The number of hydrogen-bond acceptors (Lipinski definition) is 3. The Morgan fingerprint density at radius 1 is 1.24 bits per heavy atom. The number of methoxy groups -OCH3 is 1. The van der Waals surface area contributed by atoms with Crippen LogP contribution in [0.3, 0.4) is 0 Å². The number of amides is 1. The third kappa shape index (κ3) is 3.54. The van der Waals surface area contributed by atoms with Crippen LogP contribution in [0.2, 0.25) is 0 Å². The highest BCUT2D eigenvalue weighted by atomic mass is 16.5. The second-order valence-electron chi connectivity index (χ2n) is 5.05. The van der Waals surface area contributed by atoms with Crippen LogP contribution in [0.15, 0.2) is 42.5 Å². The molecule has 2 aromatic rings. The predicted molar refractivity (Wildman–Crippen MR) is 84.5 cm³/mol. The highest BCUT2D eigenvalue weighted by molar-refractivity contribution is 5.95. The fraction of sp³-hybridized carbons (Fsp3) is 0.235. The molecule has 0 spiro atoms. The van der Waals surface area contributed by atoms with Crippen LogP contribution >= 0.6 is 0 Å². The summed E-state index contributed by atoms with van der Waals surface area (Å²) in [5, 5.41) is 2.96. The summed E-state index contributed by atoms with van der Waals surface area (Å²) in [6.07, 6.45) is 0. The molecule has 0 aromatic heterocycles. The zero-order chi connectivity index (χ0) is 15.4. The van der Waals surface area contributed by atoms with E-state index in [2.05, 4.69) is 5.32 Å². The molecule has 0 aliphatic rings. The van der Waals surface area contributed by atoms with Gasteiger partial charge >= 0.3 is 0 Å². The monoisotopic (exact) mass is 284 g/mol. The van der Waals surface area contributed by atoms with Crippen molar-refractivity contribution in [2.24, 2.45) is 0 Å². The highest BCUT2D eigenvalue weighted by Gasteiger charge is 2.13. The minimum Gasteiger partial charge on any atom is -0.496 e. The first-order valence-electron chi connectivity index (χ1n) is 6.82. The normalized spacial score (nSPS) is 11.8. The van der Waals surface area contributed by atoms with Gasteiger partial charge in [-0.3, -0.25) is 4.79 Å². The third-order valence-corrected chi connectivity index (χ3v) is 3.43. The molecule has 1 amide bonds. The molecule has 0 fully saturated rings. The molecule has 0 aliphatic heterocycles. The number of nitrogen functional groups attached to an aromatic ring is 1. The molecule has 1 unspecified atom stereocenters. The average molecular weight is 284 g/mol. The molecule has 0 bridgehead atoms. The SMILES string of the molecule is COc1cc(C(=O)NC(C)c2cccc(N)c2)ccc1C. The lowest BCUT2D eigenvalue weighted by atomic mass is 10.1. The molecule has 0 heterocycles. The lowest BCUT2D eigenvalue weighted by molar-refractivity contribution is 0.0939. The topological polar surface area (TPSA) is 64.3 Å². The van der Waals surface area contributed by atoms with Gasteiger partial charge in [0.15, 0.2) is 0 Å². The third-order valence-electron chi connectivity index (χ3n) is 3.43. The molecular formula is C17H20N2O2. The summed E-state index contributed by atoms with van der Waals surface area (Å²) in [6, 6.07) is 12.8. The predicted octanol–water partition coefficient (Wildman–Crippen LogP) is 3.08. The molecule has 2 aromatic carbocycles. The van der Waals surface area contributed by atoms with E-state index in [-0.39, 0.29) is 11.9 Å². The number of aryl methyl sites for hydroxylation is 1. The van der Waals surface area contributed by atoms with E-state index in [1.54, 1.807) is 19.2 Å². The highest BCUT2D eigenvalue weighted by Crippen LogP contribution is 2.20. The summed E-state index contributed by atoms with van der Waals surface area (Å²) in [4.78, 5) is 12.3. The lowest BCUT2D eigenvalue weighted by Crippen LogP contribution is -2.26. The van der Waals surface area contributed by atoms with Gasteiger partial charge in [-0.1, -0.05) is 18.2 Å². The van der Waals surface area contributed by atoms with Crippen LogP contribution in [-0.2, 0) is 0 Å². The molecule has 0 saturated heterocycles. The average Bonchev–Trinajstić information content (AvgIpc) is 2.47. The Bertz CT molecular complexity index is 653. The van der Waals surface area contributed by atoms with Gasteiger partial charge in [0.1, 0.15) is 5.75 Å². The first-order chi connectivity index (χ1) is 10.0. The van der Waals surface area contributed by atoms with Gasteiger partial charge in [-0.25, -0.2) is 0 Å². The van der Waals surface area contributed by atoms with Crippen LogP contribution in [-0.4, -0.2) is 13.0 Å². The molecular weight excluding hydrogens is 264 g/mol. The van der Waals surface area contributed by atoms with Crippen molar-refractivity contribution in [2.75, 3.05) is 12.8 Å². The molecule has 4 nitrogen and oxygen atoms in total. The molecule has 2 rings (SSSR count). The maximum absolute atomic E-state index is 12.3. The van der Waals surface area contributed by atoms with Crippen molar-refractivity contribution in [1.29, 1.82) is 0 Å². The van der Waals surface area contributed by atoms with Gasteiger partial charge in [-0.2, -0.15) is 0 Å². The summed E-state index contributed by atoms with van der Waals surface area (Å²) in [6.45, 7) is 3.87. The van der Waals surface area contributed by atoms with E-state index in [9.17, 15) is 4.79 Å². The van der Waals surface area contributed by atoms with Crippen LogP contribution in [0, 0.1) is 6.92 Å². The Hall–Kier alpha value is -2.49. The quantitative estimate of drug-likeness (QED) is 0.848. The number of carbonyl (C=O) groups excluding carboxylic acids is 1. The smallest absolute Gasteiger partial charge is 0.251 e. The number of ether oxygens (including phenoxy) is 1. The summed E-state index contributed by atoms with van der Waals surface area (Å²) in [5.74, 6) is 0.572. The maximum atomic E-state index is 12.3. The van der Waals surface area contributed by atoms with Crippen LogP contribution in [0.4, 0.5) is 5.69 Å². The molecule has 3 N–H and O–H groups in total. The molecule has 110 valence electrons. The van der Waals surface area contributed by atoms with Crippen LogP contribution in [0.5, 0.6) is 5.75 Å². The zero-order valence-corrected chi connectivity index (χ0v) is 12.5. The van der Waals surface area contributed by atoms with Crippen molar-refractivity contribution in [1.82, 2.24) is 5.32 Å². The second kappa shape index (κ2) is 6.31. The minimum atomic E-state index is -0.136. The van der Waals surface area contributed by atoms with Crippen LogP contribution in [0.1, 0.15) is 34.5 Å². The maximum Gasteiger partial charge on any atom is 0.251 e. The molecule has 0 saturated carbocycles. The Balaban J connectivity index is 2.14. The van der Waals surface area contributed by atoms with Crippen molar-refractivity contribution in [3.8, 4) is 5.75 Å². The zero-order valence-electron chi connectivity index (χ0n) is 12.5. The Labute approximate surface area is 124 Å². The van der Waals surface area contributed by atoms with E-state index in [0.29, 0.717) is 17.0 Å². The molecule has 0 radical (unpaired) electrons. The first kappa shape index (κ1) is 14.9. The summed E-state index contributed by atoms with van der Waals surface area (Å²) in [5.41, 5.74) is 9.00. The van der Waals surface area contributed by atoms with Crippen molar-refractivity contribution in [3.05, 3.63) is 59.2 Å². The van der Waals surface area contributed by atoms with E-state index in [0.717, 1.165) is 11.1 Å². The van der Waals surface area contributed by atoms with Gasteiger partial charge in [-0.15, -0.1) is 0 Å². The number of hydrogen-bond donors (Lipinski definition) is 2. The second-order valence-corrected chi connectivity index (χ2v) is 5.05. The van der Waals surface area contributed by atoms with E-state index in [1.165, 1.54) is 0 Å². The lowest BCUT2D eigenvalue weighted by Gasteiger charge is -2.15. The fourth-order valence-electron chi connectivity index (χ4n) is 2.15. The molecule has 0 aliphatic carbocycles. The molecule has 21 heavy (non-hydrogen) atoms. The number of carbonyl (C=O) groups is 1. The summed E-state index contributed by atoms with van der Waals surface area (Å²) >= 11 is 0. The van der Waals surface area contributed by atoms with E-state index < -0.39 is 0 Å². The summed E-state index contributed by atoms with van der Waals surface area (Å²) in [7, 11) is 1.60. The minimum absolute atomic E-state index is 0.117. The van der Waals surface area contributed by atoms with Gasteiger partial charge in [0, 0.05) is 11.3 Å². The van der Waals surface area contributed by atoms with Crippen molar-refractivity contribution >= 4 is 11.6 Å². The standard InChI is InChI=1S/C17H20N2O2/c1-11-7-8-14(10-16(11)21-3)17(20)19-12(2)13-5-4-6-15(18)9-13/h4-10,12H,18H2,1-3H3,(H,19,20). The van der Waals surface area contributed by atoms with Gasteiger partial charge in [0.25, 0.3) is 5.91 Å². The number of rotatable bonds is 4. The number of anilines is 1. The fourth-order valence-corrected chi connectivity index (χ4v) is 2.15. The van der Waals surface area contributed by atoms with Crippen LogP contribution in [0.25, 0.3) is 0 Å². The summed E-state index contributed by atoms with van der Waals surface area (Å²) < 4.78 is 5.24. The van der Waals surface area contributed by atoms with Crippen LogP contribution < -0.4 is 15.8 Å². The van der Waals surface area contributed by atoms with E-state index in [1.807, 2.05) is 44.2 Å². The van der Waals surface area contributed by atoms with Gasteiger partial charge in [0.2, 0.25) is 0 Å². The Morgan fingerprint density at radius 3 is 2.67 bits per heavy atom. The molecule has 1 atom stereocenters. The van der Waals surface area contributed by atoms with E-state index in [4.69, 9.17) is 10.5 Å². The van der Waals surface area contributed by atoms with Crippen molar-refractivity contribution in [2.45, 2.75) is 19.9 Å².